The fourth-order valence-corrected chi connectivity index (χ4v) is 1.14. The third-order valence-corrected chi connectivity index (χ3v) is 1.79. The second-order valence-electron chi connectivity index (χ2n) is 2.59. The van der Waals surface area contributed by atoms with Gasteiger partial charge < -0.3 is 4.98 Å². The van der Waals surface area contributed by atoms with Gasteiger partial charge in [-0.1, -0.05) is 17.7 Å². The van der Waals surface area contributed by atoms with Crippen LogP contribution >= 0.6 is 11.6 Å². The van der Waals surface area contributed by atoms with Gasteiger partial charge in [0, 0.05) is 17.4 Å². The van der Waals surface area contributed by atoms with E-state index in [4.69, 9.17) is 11.6 Å². The summed E-state index contributed by atoms with van der Waals surface area (Å²) >= 11 is 5.78. The highest BCUT2D eigenvalue weighted by Gasteiger charge is 1.92. The molecule has 0 amide bonds. The van der Waals surface area contributed by atoms with E-state index in [2.05, 4.69) is 20.2 Å². The lowest BCUT2D eigenvalue weighted by atomic mass is 10.3. The van der Waals surface area contributed by atoms with Gasteiger partial charge in [-0.25, -0.2) is 4.98 Å². The van der Waals surface area contributed by atoms with Crippen molar-refractivity contribution in [1.29, 1.82) is 0 Å². The molecule has 0 spiro atoms. The molecule has 1 aromatic heterocycles. The van der Waals surface area contributed by atoms with Gasteiger partial charge >= 0.3 is 0 Å². The standard InChI is InChI=1S/C9H7ClN4/c10-7-2-1-3-8(6-7)13-14-9-11-4-5-12-9/h1-6H,(H,11,12). The molecule has 0 atom stereocenters. The first-order valence-electron chi connectivity index (χ1n) is 4.01. The Morgan fingerprint density at radius 3 is 2.93 bits per heavy atom. The second-order valence-corrected chi connectivity index (χ2v) is 3.03. The van der Waals surface area contributed by atoms with Gasteiger partial charge in [-0.2, -0.15) is 0 Å². The van der Waals surface area contributed by atoms with E-state index in [1.165, 1.54) is 0 Å². The summed E-state index contributed by atoms with van der Waals surface area (Å²) in [5.41, 5.74) is 0.703. The molecule has 0 saturated carbocycles. The first-order valence-corrected chi connectivity index (χ1v) is 4.39. The van der Waals surface area contributed by atoms with Gasteiger partial charge in [0.15, 0.2) is 0 Å². The SMILES string of the molecule is Clc1cccc(N=Nc2ncc[nH]2)c1. The zero-order valence-corrected chi connectivity index (χ0v) is 7.94. The summed E-state index contributed by atoms with van der Waals surface area (Å²) in [6.45, 7) is 0. The molecule has 1 N–H and O–H groups in total. The van der Waals surface area contributed by atoms with Crippen molar-refractivity contribution in [2.75, 3.05) is 0 Å². The maximum atomic E-state index is 5.78. The molecule has 5 heteroatoms. The predicted molar refractivity (Wildman–Crippen MR) is 54.2 cm³/mol. The highest BCUT2D eigenvalue weighted by molar-refractivity contribution is 6.30. The first kappa shape index (κ1) is 8.90. The number of nitrogens with zero attached hydrogens (tertiary/aromatic N) is 3. The van der Waals surface area contributed by atoms with Crippen LogP contribution in [0.3, 0.4) is 0 Å². The van der Waals surface area contributed by atoms with Crippen LogP contribution in [0, 0.1) is 0 Å². The fraction of sp³-hybridized carbons (Fsp3) is 0. The van der Waals surface area contributed by atoms with Crippen LogP contribution in [0.15, 0.2) is 46.9 Å². The van der Waals surface area contributed by atoms with Crippen molar-refractivity contribution < 1.29 is 0 Å². The number of hydrogen-bond acceptors (Lipinski definition) is 3. The molecule has 2 aromatic rings. The highest BCUT2D eigenvalue weighted by Crippen LogP contribution is 2.19. The molecule has 70 valence electrons. The lowest BCUT2D eigenvalue weighted by Crippen LogP contribution is -1.66. The summed E-state index contributed by atoms with van der Waals surface area (Å²) in [5.74, 6) is 0.477. The van der Waals surface area contributed by atoms with Gasteiger partial charge in [-0.15, -0.1) is 10.2 Å². The normalized spacial score (nSPS) is 10.9. The molecule has 1 heterocycles. The number of aromatic nitrogens is 2. The maximum absolute atomic E-state index is 5.78. The van der Waals surface area contributed by atoms with E-state index in [9.17, 15) is 0 Å². The smallest absolute Gasteiger partial charge is 0.246 e. The van der Waals surface area contributed by atoms with Crippen LogP contribution in [-0.4, -0.2) is 9.97 Å². The van der Waals surface area contributed by atoms with Gasteiger partial charge in [0.1, 0.15) is 0 Å². The van der Waals surface area contributed by atoms with Gasteiger partial charge in [0.2, 0.25) is 5.95 Å². The number of benzene rings is 1. The van der Waals surface area contributed by atoms with Crippen LogP contribution in [-0.2, 0) is 0 Å². The number of imidazole rings is 1. The number of aromatic amines is 1. The fourth-order valence-electron chi connectivity index (χ4n) is 0.955. The van der Waals surface area contributed by atoms with Crippen LogP contribution in [0.5, 0.6) is 0 Å². The van der Waals surface area contributed by atoms with Crippen molar-refractivity contribution >= 4 is 23.2 Å². The van der Waals surface area contributed by atoms with Gasteiger partial charge in [-0.3, -0.25) is 0 Å². The van der Waals surface area contributed by atoms with Gasteiger partial charge in [0.25, 0.3) is 0 Å². The van der Waals surface area contributed by atoms with Crippen LogP contribution in [0.25, 0.3) is 0 Å². The summed E-state index contributed by atoms with van der Waals surface area (Å²) in [7, 11) is 0. The molecule has 0 aliphatic heterocycles. The third kappa shape index (κ3) is 2.17. The van der Waals surface area contributed by atoms with E-state index in [0.29, 0.717) is 16.7 Å². The molecular formula is C9H7ClN4. The Morgan fingerprint density at radius 1 is 1.29 bits per heavy atom. The molecule has 2 rings (SSSR count). The van der Waals surface area contributed by atoms with Gasteiger partial charge in [0.05, 0.1) is 5.69 Å². The molecule has 0 unspecified atom stereocenters. The lowest BCUT2D eigenvalue weighted by molar-refractivity contribution is 1.12. The molecule has 0 aliphatic rings. The summed E-state index contributed by atoms with van der Waals surface area (Å²) in [5, 5.41) is 8.47. The van der Waals surface area contributed by atoms with Crippen molar-refractivity contribution in [1.82, 2.24) is 9.97 Å². The topological polar surface area (TPSA) is 53.4 Å². The molecule has 0 fully saturated rings. The molecule has 0 saturated heterocycles. The Kier molecular flexibility index (Phi) is 2.55. The van der Waals surface area contributed by atoms with E-state index in [1.54, 1.807) is 24.5 Å². The average molecular weight is 207 g/mol. The Morgan fingerprint density at radius 2 is 2.21 bits per heavy atom. The quantitative estimate of drug-likeness (QED) is 0.752. The number of azo groups is 1. The lowest BCUT2D eigenvalue weighted by Gasteiger charge is -1.91. The summed E-state index contributed by atoms with van der Waals surface area (Å²) < 4.78 is 0. The zero-order chi connectivity index (χ0) is 9.80. The van der Waals surface area contributed by atoms with Crippen molar-refractivity contribution in [2.24, 2.45) is 10.2 Å². The molecule has 0 aliphatic carbocycles. The van der Waals surface area contributed by atoms with Crippen molar-refractivity contribution in [3.05, 3.63) is 41.7 Å². The Hall–Kier alpha value is -1.68. The summed E-state index contributed by atoms with van der Waals surface area (Å²) in [6.07, 6.45) is 3.30. The number of hydrogen-bond donors (Lipinski definition) is 1. The Bertz CT molecular complexity index is 436. The Labute approximate surface area is 85.7 Å². The average Bonchev–Trinajstić information content (AvgIpc) is 2.67. The maximum Gasteiger partial charge on any atom is 0.246 e. The minimum atomic E-state index is 0.477. The van der Waals surface area contributed by atoms with Crippen molar-refractivity contribution in [3.63, 3.8) is 0 Å². The first-order chi connectivity index (χ1) is 6.84. The molecule has 1 aromatic carbocycles. The largest absolute Gasteiger partial charge is 0.328 e. The number of rotatable bonds is 2. The van der Waals surface area contributed by atoms with Crippen molar-refractivity contribution in [2.45, 2.75) is 0 Å². The van der Waals surface area contributed by atoms with E-state index >= 15 is 0 Å². The monoisotopic (exact) mass is 206 g/mol. The van der Waals surface area contributed by atoms with Gasteiger partial charge in [-0.05, 0) is 18.2 Å². The summed E-state index contributed by atoms with van der Waals surface area (Å²) in [6, 6.07) is 7.15. The zero-order valence-electron chi connectivity index (χ0n) is 7.18. The second kappa shape index (κ2) is 4.02. The highest BCUT2D eigenvalue weighted by atomic mass is 35.5. The minimum Gasteiger partial charge on any atom is -0.328 e. The van der Waals surface area contributed by atoms with E-state index in [-0.39, 0.29) is 0 Å². The summed E-state index contributed by atoms with van der Waals surface area (Å²) in [4.78, 5) is 6.72. The molecule has 4 nitrogen and oxygen atoms in total. The predicted octanol–water partition coefficient (Wildman–Crippen LogP) is 3.48. The number of halogens is 1. The van der Waals surface area contributed by atoms with E-state index < -0.39 is 0 Å². The molecule has 0 bridgehead atoms. The van der Waals surface area contributed by atoms with Crippen molar-refractivity contribution in [3.8, 4) is 0 Å². The van der Waals surface area contributed by atoms with Crippen LogP contribution in [0.4, 0.5) is 11.6 Å². The van der Waals surface area contributed by atoms with Crippen LogP contribution in [0.2, 0.25) is 5.02 Å². The minimum absolute atomic E-state index is 0.477. The van der Waals surface area contributed by atoms with Crippen LogP contribution in [0.1, 0.15) is 0 Å². The third-order valence-electron chi connectivity index (χ3n) is 1.55. The molecule has 0 radical (unpaired) electrons. The Balaban J connectivity index is 2.18. The van der Waals surface area contributed by atoms with E-state index in [0.717, 1.165) is 0 Å². The molecule has 14 heavy (non-hydrogen) atoms. The number of nitrogens with one attached hydrogen (secondary N) is 1. The van der Waals surface area contributed by atoms with E-state index in [1.807, 2.05) is 12.1 Å². The number of H-pyrrole nitrogens is 1. The van der Waals surface area contributed by atoms with Crippen LogP contribution < -0.4 is 0 Å². The molecular weight excluding hydrogens is 200 g/mol.